The number of rotatable bonds is 6. The Kier molecular flexibility index (Phi) is 4.97. The van der Waals surface area contributed by atoms with Crippen LogP contribution in [0.25, 0.3) is 0 Å². The van der Waals surface area contributed by atoms with Gasteiger partial charge in [0.25, 0.3) is 0 Å². The fraction of sp³-hybridized carbons (Fsp3) is 1.00. The Morgan fingerprint density at radius 2 is 2.00 bits per heavy atom. The summed E-state index contributed by atoms with van der Waals surface area (Å²) in [6.45, 7) is 1.54. The molecule has 20 heavy (non-hydrogen) atoms. The number of methoxy groups -OCH3 is 1. The van der Waals surface area contributed by atoms with E-state index in [4.69, 9.17) is 10.5 Å². The van der Waals surface area contributed by atoms with Gasteiger partial charge >= 0.3 is 6.18 Å². The van der Waals surface area contributed by atoms with Crippen molar-refractivity contribution in [3.05, 3.63) is 0 Å². The van der Waals surface area contributed by atoms with Gasteiger partial charge in [0.15, 0.2) is 0 Å². The van der Waals surface area contributed by atoms with E-state index in [-0.39, 0.29) is 12.8 Å². The standard InChI is InChI=1S/C14H25F3N2O/c1-20-8-7-19(12-4-5-12)13(10-18)6-2-3-11(9-13)14(15,16)17/h11-12H,2-10,18H2,1H3. The largest absolute Gasteiger partial charge is 0.391 e. The molecule has 2 N–H and O–H groups in total. The average Bonchev–Trinajstić information content (AvgIpc) is 3.23. The van der Waals surface area contributed by atoms with Crippen LogP contribution in [0.1, 0.15) is 38.5 Å². The number of halogens is 3. The molecule has 0 saturated heterocycles. The zero-order valence-corrected chi connectivity index (χ0v) is 12.1. The molecule has 2 aliphatic rings. The lowest BCUT2D eigenvalue weighted by Gasteiger charge is -2.49. The molecule has 2 aliphatic carbocycles. The number of hydrogen-bond donors (Lipinski definition) is 1. The van der Waals surface area contributed by atoms with Crippen molar-refractivity contribution in [2.24, 2.45) is 11.7 Å². The highest BCUT2D eigenvalue weighted by molar-refractivity contribution is 5.03. The third-order valence-electron chi connectivity index (χ3n) is 4.80. The van der Waals surface area contributed by atoms with Gasteiger partial charge in [-0.1, -0.05) is 6.42 Å². The molecule has 0 amide bonds. The monoisotopic (exact) mass is 294 g/mol. The van der Waals surface area contributed by atoms with Gasteiger partial charge in [0, 0.05) is 31.8 Å². The van der Waals surface area contributed by atoms with E-state index >= 15 is 0 Å². The molecule has 0 aromatic carbocycles. The fourth-order valence-electron chi connectivity index (χ4n) is 3.57. The molecule has 2 rings (SSSR count). The topological polar surface area (TPSA) is 38.5 Å². The number of alkyl halides is 3. The average molecular weight is 294 g/mol. The van der Waals surface area contributed by atoms with Gasteiger partial charge in [0.1, 0.15) is 0 Å². The van der Waals surface area contributed by atoms with Crippen molar-refractivity contribution in [1.29, 1.82) is 0 Å². The van der Waals surface area contributed by atoms with Crippen molar-refractivity contribution >= 4 is 0 Å². The first-order chi connectivity index (χ1) is 9.43. The Balaban J connectivity index is 2.13. The number of hydrogen-bond acceptors (Lipinski definition) is 3. The first-order valence-corrected chi connectivity index (χ1v) is 7.45. The quantitative estimate of drug-likeness (QED) is 0.818. The second-order valence-corrected chi connectivity index (χ2v) is 6.18. The van der Waals surface area contributed by atoms with Crippen molar-refractivity contribution in [2.45, 2.75) is 56.3 Å². The molecular formula is C14H25F3N2O. The van der Waals surface area contributed by atoms with E-state index in [1.54, 1.807) is 7.11 Å². The molecule has 3 nitrogen and oxygen atoms in total. The maximum atomic E-state index is 13.1. The smallest absolute Gasteiger partial charge is 0.383 e. The third-order valence-corrected chi connectivity index (χ3v) is 4.80. The molecule has 118 valence electrons. The predicted molar refractivity (Wildman–Crippen MR) is 71.4 cm³/mol. The summed E-state index contributed by atoms with van der Waals surface area (Å²) >= 11 is 0. The Morgan fingerprint density at radius 1 is 1.30 bits per heavy atom. The minimum atomic E-state index is -4.10. The summed E-state index contributed by atoms with van der Waals surface area (Å²) in [4.78, 5) is 2.22. The molecule has 2 unspecified atom stereocenters. The van der Waals surface area contributed by atoms with E-state index in [1.807, 2.05) is 0 Å². The maximum absolute atomic E-state index is 13.1. The summed E-state index contributed by atoms with van der Waals surface area (Å²) in [5, 5.41) is 0. The van der Waals surface area contributed by atoms with E-state index in [9.17, 15) is 13.2 Å². The normalized spacial score (nSPS) is 31.8. The van der Waals surface area contributed by atoms with Crippen molar-refractivity contribution < 1.29 is 17.9 Å². The van der Waals surface area contributed by atoms with E-state index in [2.05, 4.69) is 4.90 Å². The Labute approximate surface area is 118 Å². The fourth-order valence-corrected chi connectivity index (χ4v) is 3.57. The lowest BCUT2D eigenvalue weighted by atomic mass is 9.74. The molecule has 2 fully saturated rings. The molecule has 0 radical (unpaired) electrons. The van der Waals surface area contributed by atoms with Gasteiger partial charge in [0.2, 0.25) is 0 Å². The Bertz CT molecular complexity index is 320. The van der Waals surface area contributed by atoms with E-state index in [1.165, 1.54) is 0 Å². The van der Waals surface area contributed by atoms with E-state index in [0.29, 0.717) is 32.2 Å². The summed E-state index contributed by atoms with van der Waals surface area (Å²) in [5.74, 6) is -1.21. The molecule has 0 bridgehead atoms. The van der Waals surface area contributed by atoms with Crippen LogP contribution in [0.15, 0.2) is 0 Å². The first-order valence-electron chi connectivity index (χ1n) is 7.45. The van der Waals surface area contributed by atoms with Crippen molar-refractivity contribution in [1.82, 2.24) is 4.90 Å². The molecule has 2 atom stereocenters. The molecule has 0 aliphatic heterocycles. The van der Waals surface area contributed by atoms with Crippen molar-refractivity contribution in [2.75, 3.05) is 26.8 Å². The van der Waals surface area contributed by atoms with Gasteiger partial charge in [0.05, 0.1) is 12.5 Å². The molecule has 0 aromatic rings. The molecule has 2 saturated carbocycles. The minimum absolute atomic E-state index is 0.146. The molecular weight excluding hydrogens is 269 g/mol. The van der Waals surface area contributed by atoms with Crippen LogP contribution in [0, 0.1) is 5.92 Å². The zero-order valence-electron chi connectivity index (χ0n) is 12.1. The van der Waals surface area contributed by atoms with Crippen LogP contribution in [0.2, 0.25) is 0 Å². The highest BCUT2D eigenvalue weighted by atomic mass is 19.4. The molecule has 0 aromatic heterocycles. The van der Waals surface area contributed by atoms with Crippen LogP contribution < -0.4 is 5.73 Å². The van der Waals surface area contributed by atoms with Gasteiger partial charge < -0.3 is 10.5 Å². The van der Waals surface area contributed by atoms with Crippen LogP contribution in [-0.4, -0.2) is 49.5 Å². The molecule has 0 heterocycles. The molecule has 0 spiro atoms. The molecule has 6 heteroatoms. The predicted octanol–water partition coefficient (Wildman–Crippen LogP) is 2.55. The highest BCUT2D eigenvalue weighted by Crippen LogP contribution is 2.46. The van der Waals surface area contributed by atoms with Gasteiger partial charge in [-0.15, -0.1) is 0 Å². The van der Waals surface area contributed by atoms with Gasteiger partial charge in [-0.25, -0.2) is 0 Å². The second-order valence-electron chi connectivity index (χ2n) is 6.18. The summed E-state index contributed by atoms with van der Waals surface area (Å²) < 4.78 is 44.3. The number of nitrogens with two attached hydrogens (primary N) is 1. The summed E-state index contributed by atoms with van der Waals surface area (Å²) in [6.07, 6.45) is -0.184. The van der Waals surface area contributed by atoms with Gasteiger partial charge in [-0.3, -0.25) is 4.90 Å². The van der Waals surface area contributed by atoms with Crippen LogP contribution in [0.4, 0.5) is 13.2 Å². The second kappa shape index (κ2) is 6.20. The van der Waals surface area contributed by atoms with E-state index in [0.717, 1.165) is 19.3 Å². The van der Waals surface area contributed by atoms with Crippen LogP contribution in [-0.2, 0) is 4.74 Å². The Hall–Kier alpha value is -0.330. The van der Waals surface area contributed by atoms with Crippen molar-refractivity contribution in [3.8, 4) is 0 Å². The van der Waals surface area contributed by atoms with Gasteiger partial charge in [-0.05, 0) is 32.1 Å². The maximum Gasteiger partial charge on any atom is 0.391 e. The SMILES string of the molecule is COCCN(C1CC1)C1(CN)CCCC(C(F)(F)F)C1. The summed E-state index contributed by atoms with van der Waals surface area (Å²) in [7, 11) is 1.62. The minimum Gasteiger partial charge on any atom is -0.383 e. The van der Waals surface area contributed by atoms with Crippen LogP contribution >= 0.6 is 0 Å². The summed E-state index contributed by atoms with van der Waals surface area (Å²) in [6, 6.07) is 0.403. The zero-order chi connectivity index (χ0) is 14.8. The lowest BCUT2D eigenvalue weighted by molar-refractivity contribution is -0.194. The third kappa shape index (κ3) is 3.46. The first kappa shape index (κ1) is 16.0. The van der Waals surface area contributed by atoms with E-state index < -0.39 is 17.6 Å². The van der Waals surface area contributed by atoms with Crippen LogP contribution in [0.5, 0.6) is 0 Å². The van der Waals surface area contributed by atoms with Crippen molar-refractivity contribution in [3.63, 3.8) is 0 Å². The highest BCUT2D eigenvalue weighted by Gasteiger charge is 2.51. The number of nitrogens with zero attached hydrogens (tertiary/aromatic N) is 1. The number of ether oxygens (including phenoxy) is 1. The Morgan fingerprint density at radius 3 is 2.50 bits per heavy atom. The lowest BCUT2D eigenvalue weighted by Crippen LogP contribution is -2.59. The summed E-state index contributed by atoms with van der Waals surface area (Å²) in [5.41, 5.74) is 5.44. The van der Waals surface area contributed by atoms with Gasteiger partial charge in [-0.2, -0.15) is 13.2 Å². The van der Waals surface area contributed by atoms with Crippen LogP contribution in [0.3, 0.4) is 0 Å².